The molecule has 0 saturated heterocycles. The van der Waals surface area contributed by atoms with Crippen molar-refractivity contribution >= 4 is 14.2 Å². The molecule has 0 radical (unpaired) electrons. The number of carbonyl (C=O) groups is 1. The molecule has 0 rings (SSSR count). The van der Waals surface area contributed by atoms with E-state index in [1.807, 2.05) is 0 Å². The van der Waals surface area contributed by atoms with Gasteiger partial charge in [0, 0.05) is 0 Å². The van der Waals surface area contributed by atoms with E-state index in [9.17, 15) is 4.79 Å². The van der Waals surface area contributed by atoms with Gasteiger partial charge in [0.05, 0.1) is 14.7 Å². The molecular formula is C10H22O3Si. The average Bonchev–Trinajstić information content (AvgIpc) is 2.19. The van der Waals surface area contributed by atoms with Crippen molar-refractivity contribution in [3.05, 3.63) is 0 Å². The molecule has 3 nitrogen and oxygen atoms in total. The van der Waals surface area contributed by atoms with Gasteiger partial charge < -0.3 is 9.84 Å². The van der Waals surface area contributed by atoms with Gasteiger partial charge in [-0.1, -0.05) is 44.9 Å². The number of carboxylic acid groups (broad SMARTS) is 1. The van der Waals surface area contributed by atoms with Crippen LogP contribution in [-0.4, -0.2) is 25.9 Å². The summed E-state index contributed by atoms with van der Waals surface area (Å²) in [5.74, 6) is 0. The lowest BCUT2D eigenvalue weighted by Gasteiger charge is -2.27. The van der Waals surface area contributed by atoms with Gasteiger partial charge in [-0.2, -0.15) is 0 Å². The number of hydrogen-bond donors (Lipinski definition) is 1. The first-order valence-corrected chi connectivity index (χ1v) is 8.28. The predicted octanol–water partition coefficient (Wildman–Crippen LogP) is 3.58. The highest BCUT2D eigenvalue weighted by atomic mass is 28.3. The summed E-state index contributed by atoms with van der Waals surface area (Å²) in [6.45, 7) is 7.15. The summed E-state index contributed by atoms with van der Waals surface area (Å²) in [7, 11) is -1.06. The first kappa shape index (κ1) is 13.5. The van der Waals surface area contributed by atoms with E-state index in [1.54, 1.807) is 0 Å². The zero-order valence-corrected chi connectivity index (χ0v) is 10.5. The molecule has 0 bridgehead atoms. The molecule has 0 aromatic heterocycles. The fourth-order valence-corrected chi connectivity index (χ4v) is 5.34. The van der Waals surface area contributed by atoms with Crippen molar-refractivity contribution < 1.29 is 14.6 Å². The van der Waals surface area contributed by atoms with E-state index in [0.29, 0.717) is 6.61 Å². The summed E-state index contributed by atoms with van der Waals surface area (Å²) in [4.78, 5) is 10.1. The van der Waals surface area contributed by atoms with E-state index in [4.69, 9.17) is 5.11 Å². The van der Waals surface area contributed by atoms with Crippen LogP contribution in [0.15, 0.2) is 0 Å². The predicted molar refractivity (Wildman–Crippen MR) is 60.6 cm³/mol. The maximum absolute atomic E-state index is 10.1. The average molecular weight is 218 g/mol. The Labute approximate surface area is 87.5 Å². The lowest BCUT2D eigenvalue weighted by atomic mass is 10.5. The van der Waals surface area contributed by atoms with Crippen LogP contribution in [0.5, 0.6) is 0 Å². The van der Waals surface area contributed by atoms with Crippen molar-refractivity contribution in [1.29, 1.82) is 0 Å². The molecule has 0 aromatic rings. The Hall–Kier alpha value is -0.513. The molecule has 84 valence electrons. The lowest BCUT2D eigenvalue weighted by molar-refractivity contribution is 0.0916. The minimum atomic E-state index is -1.15. The molecule has 0 amide bonds. The molecule has 4 heteroatoms. The summed E-state index contributed by atoms with van der Waals surface area (Å²) in [5.41, 5.74) is 0. The topological polar surface area (TPSA) is 46.5 Å². The van der Waals surface area contributed by atoms with Crippen molar-refractivity contribution in [3.8, 4) is 0 Å². The molecular weight excluding hydrogens is 196 g/mol. The molecule has 14 heavy (non-hydrogen) atoms. The Morgan fingerprint density at radius 1 is 1.21 bits per heavy atom. The van der Waals surface area contributed by atoms with E-state index in [2.05, 4.69) is 25.5 Å². The van der Waals surface area contributed by atoms with Gasteiger partial charge in [0.15, 0.2) is 0 Å². The Morgan fingerprint density at radius 3 is 2.07 bits per heavy atom. The van der Waals surface area contributed by atoms with E-state index in [0.717, 1.165) is 6.42 Å². The van der Waals surface area contributed by atoms with E-state index >= 15 is 0 Å². The van der Waals surface area contributed by atoms with Crippen molar-refractivity contribution in [2.75, 3.05) is 6.61 Å². The van der Waals surface area contributed by atoms with Crippen LogP contribution in [0.3, 0.4) is 0 Å². The minimum absolute atomic E-state index is 0.365. The second-order valence-corrected chi connectivity index (χ2v) is 9.40. The second-order valence-electron chi connectivity index (χ2n) is 3.78. The van der Waals surface area contributed by atoms with Crippen molar-refractivity contribution in [2.45, 2.75) is 51.4 Å². The van der Waals surface area contributed by atoms with Crippen LogP contribution in [0, 0.1) is 0 Å². The Morgan fingerprint density at radius 2 is 1.71 bits per heavy atom. The van der Waals surface area contributed by atoms with Crippen LogP contribution in [0.25, 0.3) is 0 Å². The van der Waals surface area contributed by atoms with E-state index in [1.165, 1.54) is 24.2 Å². The van der Waals surface area contributed by atoms with E-state index < -0.39 is 14.2 Å². The molecule has 0 saturated carbocycles. The monoisotopic (exact) mass is 218 g/mol. The van der Waals surface area contributed by atoms with Crippen LogP contribution in [0.1, 0.15) is 27.2 Å². The zero-order valence-electron chi connectivity index (χ0n) is 9.51. The van der Waals surface area contributed by atoms with Crippen LogP contribution in [0.4, 0.5) is 4.79 Å². The molecule has 0 atom stereocenters. The first-order valence-electron chi connectivity index (χ1n) is 5.46. The van der Waals surface area contributed by atoms with Gasteiger partial charge >= 0.3 is 6.16 Å². The number of ether oxygens (including phenoxy) is 1. The number of hydrogen-bond acceptors (Lipinski definition) is 2. The third-order valence-electron chi connectivity index (χ3n) is 3.33. The summed E-state index contributed by atoms with van der Waals surface area (Å²) in [6.07, 6.45) is -0.254. The molecule has 0 heterocycles. The molecule has 0 aliphatic rings. The van der Waals surface area contributed by atoms with Crippen LogP contribution >= 0.6 is 0 Å². The lowest BCUT2D eigenvalue weighted by Crippen LogP contribution is -2.31. The quantitative estimate of drug-likeness (QED) is 0.403. The summed E-state index contributed by atoms with van der Waals surface area (Å²) >= 11 is 0. The van der Waals surface area contributed by atoms with Gasteiger partial charge in [-0.15, -0.1) is 0 Å². The maximum atomic E-state index is 10.1. The fourth-order valence-electron chi connectivity index (χ4n) is 1.89. The molecule has 1 N–H and O–H groups in total. The second kappa shape index (κ2) is 6.87. The fraction of sp³-hybridized carbons (Fsp3) is 0.900. The van der Waals surface area contributed by atoms with Gasteiger partial charge in [0.1, 0.15) is 0 Å². The summed E-state index contributed by atoms with van der Waals surface area (Å²) in [6, 6.07) is 5.09. The van der Waals surface area contributed by atoms with Crippen LogP contribution in [-0.2, 0) is 4.74 Å². The highest BCUT2D eigenvalue weighted by Gasteiger charge is 2.25. The van der Waals surface area contributed by atoms with Crippen LogP contribution in [0.2, 0.25) is 24.2 Å². The Bertz CT molecular complexity index is 158. The van der Waals surface area contributed by atoms with Crippen molar-refractivity contribution in [3.63, 3.8) is 0 Å². The molecule has 0 fully saturated rings. The zero-order chi connectivity index (χ0) is 11.0. The van der Waals surface area contributed by atoms with Gasteiger partial charge in [-0.25, -0.2) is 4.79 Å². The Balaban J connectivity index is 3.77. The number of rotatable bonds is 7. The summed E-state index contributed by atoms with van der Waals surface area (Å²) in [5, 5.41) is 8.30. The van der Waals surface area contributed by atoms with E-state index in [-0.39, 0.29) is 0 Å². The molecule has 0 spiro atoms. The molecule has 0 unspecified atom stereocenters. The normalized spacial score (nSPS) is 11.4. The molecule has 0 aliphatic heterocycles. The van der Waals surface area contributed by atoms with Crippen molar-refractivity contribution in [1.82, 2.24) is 0 Å². The molecule has 0 aliphatic carbocycles. The largest absolute Gasteiger partial charge is 0.505 e. The smallest absolute Gasteiger partial charge is 0.450 e. The Kier molecular flexibility index (Phi) is 6.62. The van der Waals surface area contributed by atoms with Gasteiger partial charge in [-0.3, -0.25) is 0 Å². The van der Waals surface area contributed by atoms with Crippen molar-refractivity contribution in [2.24, 2.45) is 0 Å². The minimum Gasteiger partial charge on any atom is -0.450 e. The van der Waals surface area contributed by atoms with Gasteiger partial charge in [0.25, 0.3) is 0 Å². The summed E-state index contributed by atoms with van der Waals surface area (Å²) < 4.78 is 4.51. The van der Waals surface area contributed by atoms with Crippen LogP contribution < -0.4 is 0 Å². The third kappa shape index (κ3) is 4.65. The molecule has 0 aromatic carbocycles. The SMILES string of the molecule is CC[Si](CC)(CC)CCCOC(=O)O. The highest BCUT2D eigenvalue weighted by molar-refractivity contribution is 6.79. The highest BCUT2D eigenvalue weighted by Crippen LogP contribution is 2.26. The van der Waals surface area contributed by atoms with Gasteiger partial charge in [0.2, 0.25) is 0 Å². The standard InChI is InChI=1S/C10H22O3Si/c1-4-14(5-2,6-3)9-7-8-13-10(11)12/h4-9H2,1-3H3,(H,11,12). The first-order chi connectivity index (χ1) is 6.60. The maximum Gasteiger partial charge on any atom is 0.505 e. The third-order valence-corrected chi connectivity index (χ3v) is 9.24. The van der Waals surface area contributed by atoms with Gasteiger partial charge in [-0.05, 0) is 6.42 Å².